The summed E-state index contributed by atoms with van der Waals surface area (Å²) in [6, 6.07) is 12.4. The summed E-state index contributed by atoms with van der Waals surface area (Å²) in [5.74, 6) is -0.0598. The average molecular weight is 799 g/mol. The van der Waals surface area contributed by atoms with Crippen molar-refractivity contribution < 1.29 is 33.3 Å². The molecule has 0 saturated heterocycles. The van der Waals surface area contributed by atoms with Crippen molar-refractivity contribution in [1.82, 2.24) is 16.1 Å². The molecule has 1 atom stereocenters. The number of methoxy groups -OCH3 is 1. The summed E-state index contributed by atoms with van der Waals surface area (Å²) >= 11 is 19.1. The highest BCUT2D eigenvalue weighted by molar-refractivity contribution is 9.11. The molecule has 1 aliphatic rings. The molecule has 46 heavy (non-hydrogen) atoms. The van der Waals surface area contributed by atoms with Gasteiger partial charge in [0.1, 0.15) is 12.4 Å². The first-order chi connectivity index (χ1) is 22.0. The maximum atomic E-state index is 12.6. The summed E-state index contributed by atoms with van der Waals surface area (Å²) < 4.78 is 23.8. The summed E-state index contributed by atoms with van der Waals surface area (Å²) in [5.41, 5.74) is 5.01. The molecule has 0 saturated carbocycles. The van der Waals surface area contributed by atoms with Gasteiger partial charge in [0, 0.05) is 15.7 Å². The van der Waals surface area contributed by atoms with Crippen molar-refractivity contribution in [3.05, 3.63) is 95.5 Å². The van der Waals surface area contributed by atoms with Crippen molar-refractivity contribution in [3.63, 3.8) is 0 Å². The smallest absolute Gasteiger partial charge is 0.338 e. The van der Waals surface area contributed by atoms with Gasteiger partial charge in [-0.2, -0.15) is 5.10 Å². The first-order valence-electron chi connectivity index (χ1n) is 13.6. The summed E-state index contributed by atoms with van der Waals surface area (Å²) in [6.45, 7) is 3.32. The highest BCUT2D eigenvalue weighted by Crippen LogP contribution is 2.35. The van der Waals surface area contributed by atoms with Crippen molar-refractivity contribution in [2.24, 2.45) is 5.10 Å². The molecule has 3 aromatic carbocycles. The quantitative estimate of drug-likeness (QED) is 0.104. The fourth-order valence-electron chi connectivity index (χ4n) is 4.37. The van der Waals surface area contributed by atoms with Gasteiger partial charge in [-0.25, -0.2) is 15.0 Å². The van der Waals surface area contributed by atoms with Crippen LogP contribution in [0.15, 0.2) is 73.8 Å². The first-order valence-corrected chi connectivity index (χ1v) is 16.0. The summed E-state index contributed by atoms with van der Waals surface area (Å²) in [6.07, 6.45) is 1.44. The Kier molecular flexibility index (Phi) is 12.3. The molecule has 3 N–H and O–H groups in total. The Balaban J connectivity index is 1.41. The zero-order valence-electron chi connectivity index (χ0n) is 24.7. The van der Waals surface area contributed by atoms with E-state index in [0.29, 0.717) is 37.1 Å². The Morgan fingerprint density at radius 1 is 1.04 bits per heavy atom. The zero-order chi connectivity index (χ0) is 33.4. The van der Waals surface area contributed by atoms with Gasteiger partial charge in [-0.3, -0.25) is 4.79 Å². The second-order valence-electron chi connectivity index (χ2n) is 9.63. The van der Waals surface area contributed by atoms with Gasteiger partial charge in [0.05, 0.1) is 46.1 Å². The molecule has 3 aromatic rings. The normalized spacial score (nSPS) is 14.4. The van der Waals surface area contributed by atoms with Gasteiger partial charge in [-0.1, -0.05) is 51.3 Å². The monoisotopic (exact) mass is 796 g/mol. The number of nitrogens with one attached hydrogen (secondary N) is 3. The Morgan fingerprint density at radius 2 is 1.83 bits per heavy atom. The van der Waals surface area contributed by atoms with Crippen molar-refractivity contribution in [2.75, 3.05) is 20.3 Å². The number of esters is 1. The molecular weight excluding hydrogens is 771 g/mol. The molecule has 3 amide bonds. The van der Waals surface area contributed by atoms with Crippen LogP contribution >= 0.6 is 55.1 Å². The van der Waals surface area contributed by atoms with E-state index in [2.05, 4.69) is 53.0 Å². The minimum Gasteiger partial charge on any atom is -0.493 e. The summed E-state index contributed by atoms with van der Waals surface area (Å²) in [4.78, 5) is 37.4. The molecule has 1 heterocycles. The topological polar surface area (TPSA) is 137 Å². The van der Waals surface area contributed by atoms with Crippen molar-refractivity contribution in [3.8, 4) is 17.2 Å². The van der Waals surface area contributed by atoms with E-state index >= 15 is 0 Å². The fourth-order valence-corrected chi connectivity index (χ4v) is 6.06. The predicted molar refractivity (Wildman–Crippen MR) is 181 cm³/mol. The molecular formula is C31H28Br2Cl2N4O7. The van der Waals surface area contributed by atoms with E-state index in [1.807, 2.05) is 12.1 Å². The van der Waals surface area contributed by atoms with E-state index in [-0.39, 0.29) is 36.9 Å². The number of benzene rings is 3. The van der Waals surface area contributed by atoms with Crippen LogP contribution in [0.5, 0.6) is 17.2 Å². The van der Waals surface area contributed by atoms with E-state index in [9.17, 15) is 14.4 Å². The molecule has 0 radical (unpaired) electrons. The maximum Gasteiger partial charge on any atom is 0.338 e. The van der Waals surface area contributed by atoms with Crippen molar-refractivity contribution in [2.45, 2.75) is 26.5 Å². The molecule has 11 nitrogen and oxygen atoms in total. The number of halogens is 4. The lowest BCUT2D eigenvalue weighted by Crippen LogP contribution is -2.45. The number of allylic oxidation sites excluding steroid dienone is 1. The fraction of sp³-hybridized carbons (Fsp3) is 0.226. The number of hydrazone groups is 1. The van der Waals surface area contributed by atoms with Gasteiger partial charge in [0.2, 0.25) is 0 Å². The predicted octanol–water partition coefficient (Wildman–Crippen LogP) is 6.83. The number of rotatable bonds is 12. The maximum absolute atomic E-state index is 12.6. The second kappa shape index (κ2) is 16.2. The number of ether oxygens (including phenoxy) is 4. The van der Waals surface area contributed by atoms with E-state index in [1.54, 1.807) is 50.2 Å². The third kappa shape index (κ3) is 8.93. The van der Waals surface area contributed by atoms with Crippen LogP contribution in [0.2, 0.25) is 10.0 Å². The number of amides is 3. The van der Waals surface area contributed by atoms with Gasteiger partial charge in [0.15, 0.2) is 18.1 Å². The number of hydrogen-bond donors (Lipinski definition) is 3. The van der Waals surface area contributed by atoms with Crippen LogP contribution in [0.25, 0.3) is 0 Å². The Morgan fingerprint density at radius 3 is 2.54 bits per heavy atom. The lowest BCUT2D eigenvalue weighted by Gasteiger charge is -2.28. The van der Waals surface area contributed by atoms with E-state index < -0.39 is 23.9 Å². The average Bonchev–Trinajstić information content (AvgIpc) is 3.00. The van der Waals surface area contributed by atoms with Crippen LogP contribution in [-0.4, -0.2) is 44.4 Å². The van der Waals surface area contributed by atoms with Crippen LogP contribution in [0.3, 0.4) is 0 Å². The summed E-state index contributed by atoms with van der Waals surface area (Å²) in [7, 11) is 1.43. The van der Waals surface area contributed by atoms with E-state index in [4.69, 9.17) is 42.1 Å². The minimum absolute atomic E-state index is 0.175. The molecule has 15 heteroatoms. The summed E-state index contributed by atoms with van der Waals surface area (Å²) in [5, 5.41) is 10.2. The number of carbonyl (C=O) groups excluding carboxylic acids is 3. The van der Waals surface area contributed by atoms with Crippen LogP contribution < -0.4 is 30.3 Å². The third-order valence-electron chi connectivity index (χ3n) is 6.44. The van der Waals surface area contributed by atoms with Gasteiger partial charge < -0.3 is 29.6 Å². The molecule has 242 valence electrons. The highest BCUT2D eigenvalue weighted by Gasteiger charge is 2.32. The van der Waals surface area contributed by atoms with Crippen molar-refractivity contribution >= 4 is 79.2 Å². The lowest BCUT2D eigenvalue weighted by molar-refractivity contribution is -0.139. The molecule has 1 aliphatic heterocycles. The Hall–Kier alpha value is -3.78. The van der Waals surface area contributed by atoms with Gasteiger partial charge in [0.25, 0.3) is 5.91 Å². The molecule has 0 aromatic heterocycles. The molecule has 0 spiro atoms. The van der Waals surface area contributed by atoms with E-state index in [1.165, 1.54) is 13.3 Å². The SMILES string of the molecule is CCOC(=O)C1=C(C)NC(=O)N[C@@H]1c1ccc(OCC(=O)N/N=C/c2cc(Br)cc(Br)c2OCc2ccc(Cl)c(Cl)c2)c(OC)c1. The van der Waals surface area contributed by atoms with Crippen LogP contribution in [0, 0.1) is 0 Å². The standard InChI is InChI=1S/C31H28Br2Cl2N4O7/c1-4-44-30(41)27-16(2)37-31(42)38-28(27)18-6-8-24(25(11-18)43-3)45-15-26(40)39-36-13-19-10-20(32)12-21(33)29(19)46-14-17-5-7-22(34)23(35)9-17/h5-13,28H,4,14-15H2,1-3H3,(H,39,40)(H2,37,38,42)/b36-13+/t28-/m1/s1. The van der Waals surface area contributed by atoms with Crippen LogP contribution in [0.4, 0.5) is 4.79 Å². The van der Waals surface area contributed by atoms with Crippen LogP contribution in [-0.2, 0) is 20.9 Å². The lowest BCUT2D eigenvalue weighted by atomic mass is 9.95. The van der Waals surface area contributed by atoms with Gasteiger partial charge in [-0.15, -0.1) is 0 Å². The largest absolute Gasteiger partial charge is 0.493 e. The second-order valence-corrected chi connectivity index (χ2v) is 12.2. The zero-order valence-corrected chi connectivity index (χ0v) is 29.4. The van der Waals surface area contributed by atoms with Crippen LogP contribution in [0.1, 0.15) is 36.6 Å². The molecule has 0 unspecified atom stereocenters. The molecule has 0 aliphatic carbocycles. The number of urea groups is 1. The number of nitrogens with zero attached hydrogens (tertiary/aromatic N) is 1. The Bertz CT molecular complexity index is 1720. The Labute approximate surface area is 291 Å². The number of hydrogen-bond acceptors (Lipinski definition) is 8. The minimum atomic E-state index is -0.788. The van der Waals surface area contributed by atoms with E-state index in [0.717, 1.165) is 10.0 Å². The third-order valence-corrected chi connectivity index (χ3v) is 8.23. The number of carbonyl (C=O) groups is 3. The molecule has 0 fully saturated rings. The molecule has 4 rings (SSSR count). The highest BCUT2D eigenvalue weighted by atomic mass is 79.9. The van der Waals surface area contributed by atoms with Gasteiger partial charge in [-0.05, 0) is 77.3 Å². The van der Waals surface area contributed by atoms with Gasteiger partial charge >= 0.3 is 12.0 Å². The first kappa shape index (κ1) is 35.1. The van der Waals surface area contributed by atoms with Crippen molar-refractivity contribution in [1.29, 1.82) is 0 Å². The molecule has 0 bridgehead atoms.